The number of anilines is 1. The van der Waals surface area contributed by atoms with E-state index in [9.17, 15) is 8.42 Å². The molecule has 21 heavy (non-hydrogen) atoms. The van der Waals surface area contributed by atoms with Gasteiger partial charge in [0, 0.05) is 20.3 Å². The van der Waals surface area contributed by atoms with Gasteiger partial charge in [-0.05, 0) is 25.1 Å². The van der Waals surface area contributed by atoms with Crippen LogP contribution in [0.15, 0.2) is 35.5 Å². The molecule has 0 spiro atoms. The summed E-state index contributed by atoms with van der Waals surface area (Å²) in [7, 11) is -0.0432. The van der Waals surface area contributed by atoms with Crippen LogP contribution in [0.2, 0.25) is 0 Å². The minimum Gasteiger partial charge on any atom is -0.331 e. The third kappa shape index (κ3) is 2.38. The van der Waals surface area contributed by atoms with E-state index in [-0.39, 0.29) is 4.90 Å². The lowest BCUT2D eigenvalue weighted by Crippen LogP contribution is -2.12. The first kappa shape index (κ1) is 13.6. The number of sulfonamides is 1. The molecule has 0 radical (unpaired) electrons. The molecule has 3 rings (SSSR count). The summed E-state index contributed by atoms with van der Waals surface area (Å²) in [5.41, 5.74) is 2.18. The Morgan fingerprint density at radius 2 is 2.00 bits per heavy atom. The molecular weight excluding hydrogens is 290 g/mol. The summed E-state index contributed by atoms with van der Waals surface area (Å²) in [5, 5.41) is 3.87. The van der Waals surface area contributed by atoms with Gasteiger partial charge in [0.25, 0.3) is 10.0 Å². The van der Waals surface area contributed by atoms with Crippen molar-refractivity contribution in [3.8, 4) is 0 Å². The highest BCUT2D eigenvalue weighted by Crippen LogP contribution is 2.21. The van der Waals surface area contributed by atoms with Crippen molar-refractivity contribution in [3.63, 3.8) is 0 Å². The molecule has 0 aliphatic rings. The molecule has 0 unspecified atom stereocenters. The van der Waals surface area contributed by atoms with Crippen LogP contribution in [-0.4, -0.2) is 27.7 Å². The molecule has 0 fully saturated rings. The van der Waals surface area contributed by atoms with Gasteiger partial charge in [-0.25, -0.2) is 13.4 Å². The SMILES string of the molecule is Cc1nc2cc(NS(=O)(=O)c3cnn(C)c3)ccc2n1C. The molecule has 1 N–H and O–H groups in total. The second-order valence-corrected chi connectivity index (χ2v) is 6.56. The highest BCUT2D eigenvalue weighted by molar-refractivity contribution is 7.92. The van der Waals surface area contributed by atoms with E-state index in [1.165, 1.54) is 17.1 Å². The highest BCUT2D eigenvalue weighted by Gasteiger charge is 2.16. The number of imidazole rings is 1. The number of rotatable bonds is 3. The second kappa shape index (κ2) is 4.59. The molecule has 0 amide bonds. The second-order valence-electron chi connectivity index (χ2n) is 4.88. The van der Waals surface area contributed by atoms with Crippen molar-refractivity contribution in [1.82, 2.24) is 19.3 Å². The zero-order chi connectivity index (χ0) is 15.2. The van der Waals surface area contributed by atoms with Gasteiger partial charge in [-0.1, -0.05) is 0 Å². The molecule has 0 atom stereocenters. The standard InChI is InChI=1S/C13H15N5O2S/c1-9-15-12-6-10(4-5-13(12)18(9)3)16-21(19,20)11-7-14-17(2)8-11/h4-8,16H,1-3H3. The quantitative estimate of drug-likeness (QED) is 0.793. The number of hydrogen-bond acceptors (Lipinski definition) is 4. The van der Waals surface area contributed by atoms with Crippen molar-refractivity contribution < 1.29 is 8.42 Å². The predicted molar refractivity (Wildman–Crippen MR) is 79.5 cm³/mol. The Morgan fingerprint density at radius 1 is 1.24 bits per heavy atom. The molecule has 8 heteroatoms. The first-order valence-electron chi connectivity index (χ1n) is 6.31. The summed E-state index contributed by atoms with van der Waals surface area (Å²) in [5.74, 6) is 0.872. The van der Waals surface area contributed by atoms with Gasteiger partial charge >= 0.3 is 0 Å². The zero-order valence-corrected chi connectivity index (χ0v) is 12.7. The van der Waals surface area contributed by atoms with Crippen molar-refractivity contribution in [2.75, 3.05) is 4.72 Å². The van der Waals surface area contributed by atoms with Crippen LogP contribution >= 0.6 is 0 Å². The van der Waals surface area contributed by atoms with Crippen molar-refractivity contribution in [1.29, 1.82) is 0 Å². The number of fused-ring (bicyclic) bond motifs is 1. The lowest BCUT2D eigenvalue weighted by Gasteiger charge is -2.06. The van der Waals surface area contributed by atoms with Crippen LogP contribution in [-0.2, 0) is 24.1 Å². The Labute approximate surface area is 122 Å². The topological polar surface area (TPSA) is 81.8 Å². The Kier molecular flexibility index (Phi) is 2.98. The molecule has 0 bridgehead atoms. The summed E-state index contributed by atoms with van der Waals surface area (Å²) in [4.78, 5) is 4.52. The Morgan fingerprint density at radius 3 is 2.67 bits per heavy atom. The molecule has 0 aliphatic heterocycles. The molecule has 110 valence electrons. The largest absolute Gasteiger partial charge is 0.331 e. The molecule has 0 saturated carbocycles. The Bertz CT molecular complexity index is 923. The highest BCUT2D eigenvalue weighted by atomic mass is 32.2. The first-order chi connectivity index (χ1) is 9.87. The first-order valence-corrected chi connectivity index (χ1v) is 7.80. The summed E-state index contributed by atoms with van der Waals surface area (Å²) < 4.78 is 30.4. The maximum atomic E-state index is 12.2. The fourth-order valence-electron chi connectivity index (χ4n) is 2.14. The number of nitrogens with one attached hydrogen (secondary N) is 1. The van der Waals surface area contributed by atoms with Crippen molar-refractivity contribution >= 4 is 26.7 Å². The van der Waals surface area contributed by atoms with Crippen LogP contribution in [0.3, 0.4) is 0 Å². The van der Waals surface area contributed by atoms with Crippen molar-refractivity contribution in [3.05, 3.63) is 36.4 Å². The Balaban J connectivity index is 1.98. The van der Waals surface area contributed by atoms with Gasteiger partial charge < -0.3 is 4.57 Å². The lowest BCUT2D eigenvalue weighted by molar-refractivity contribution is 0.601. The average Bonchev–Trinajstić information content (AvgIpc) is 2.95. The van der Waals surface area contributed by atoms with E-state index >= 15 is 0 Å². The molecule has 2 heterocycles. The van der Waals surface area contributed by atoms with Crippen LogP contribution in [0.25, 0.3) is 11.0 Å². The molecule has 0 aliphatic carbocycles. The van der Waals surface area contributed by atoms with Gasteiger partial charge in [-0.2, -0.15) is 5.10 Å². The molecule has 3 aromatic rings. The van der Waals surface area contributed by atoms with Gasteiger partial charge in [0.2, 0.25) is 0 Å². The number of benzene rings is 1. The van der Waals surface area contributed by atoms with Crippen LogP contribution < -0.4 is 4.72 Å². The van der Waals surface area contributed by atoms with Gasteiger partial charge in [-0.3, -0.25) is 9.40 Å². The third-order valence-electron chi connectivity index (χ3n) is 3.35. The normalized spacial score (nSPS) is 12.0. The van der Waals surface area contributed by atoms with E-state index in [0.29, 0.717) is 5.69 Å². The number of nitrogens with zero attached hydrogens (tertiary/aromatic N) is 4. The maximum absolute atomic E-state index is 12.2. The zero-order valence-electron chi connectivity index (χ0n) is 11.9. The summed E-state index contributed by atoms with van der Waals surface area (Å²) >= 11 is 0. The van der Waals surface area contributed by atoms with E-state index in [2.05, 4.69) is 14.8 Å². The van der Waals surface area contributed by atoms with E-state index < -0.39 is 10.0 Å². The monoisotopic (exact) mass is 305 g/mol. The van der Waals surface area contributed by atoms with E-state index in [1.807, 2.05) is 24.6 Å². The fourth-order valence-corrected chi connectivity index (χ4v) is 3.17. The van der Waals surface area contributed by atoms with Crippen molar-refractivity contribution in [2.24, 2.45) is 14.1 Å². The number of aryl methyl sites for hydroxylation is 3. The van der Waals surface area contributed by atoms with Crippen LogP contribution in [0.5, 0.6) is 0 Å². The summed E-state index contributed by atoms with van der Waals surface area (Å²) in [6.45, 7) is 1.90. The molecule has 1 aromatic carbocycles. The van der Waals surface area contributed by atoms with Gasteiger partial charge in [-0.15, -0.1) is 0 Å². The van der Waals surface area contributed by atoms with Gasteiger partial charge in [0.15, 0.2) is 0 Å². The van der Waals surface area contributed by atoms with E-state index in [1.54, 1.807) is 19.2 Å². The fraction of sp³-hybridized carbons (Fsp3) is 0.231. The van der Waals surface area contributed by atoms with Crippen LogP contribution in [0, 0.1) is 6.92 Å². The van der Waals surface area contributed by atoms with Gasteiger partial charge in [0.05, 0.1) is 22.9 Å². The van der Waals surface area contributed by atoms with Gasteiger partial charge in [0.1, 0.15) is 10.7 Å². The number of aromatic nitrogens is 4. The average molecular weight is 305 g/mol. The maximum Gasteiger partial charge on any atom is 0.265 e. The third-order valence-corrected chi connectivity index (χ3v) is 4.68. The summed E-state index contributed by atoms with van der Waals surface area (Å²) in [6.07, 6.45) is 2.76. The van der Waals surface area contributed by atoms with E-state index in [4.69, 9.17) is 0 Å². The molecule has 0 saturated heterocycles. The number of hydrogen-bond donors (Lipinski definition) is 1. The smallest absolute Gasteiger partial charge is 0.265 e. The molecular formula is C13H15N5O2S. The van der Waals surface area contributed by atoms with Crippen LogP contribution in [0.1, 0.15) is 5.82 Å². The minimum atomic E-state index is -3.63. The summed E-state index contributed by atoms with van der Waals surface area (Å²) in [6, 6.07) is 5.28. The van der Waals surface area contributed by atoms with E-state index in [0.717, 1.165) is 16.9 Å². The van der Waals surface area contributed by atoms with Crippen LogP contribution in [0.4, 0.5) is 5.69 Å². The van der Waals surface area contributed by atoms with Crippen molar-refractivity contribution in [2.45, 2.75) is 11.8 Å². The lowest BCUT2D eigenvalue weighted by atomic mass is 10.3. The Hall–Kier alpha value is -2.35. The predicted octanol–water partition coefficient (Wildman–Crippen LogP) is 1.42. The minimum absolute atomic E-state index is 0.127. The molecule has 2 aromatic heterocycles. The molecule has 7 nitrogen and oxygen atoms in total.